The molecule has 0 atom stereocenters. The average molecular weight is 655 g/mol. The monoisotopic (exact) mass is 655 g/mol. The van der Waals surface area contributed by atoms with Crippen molar-refractivity contribution in [3.05, 3.63) is 60.6 Å². The smallest absolute Gasteiger partial charge is 0.343 e. The number of carbonyl (C=O) groups excluding carboxylic acids is 2. The molecule has 3 heterocycles. The minimum Gasteiger partial charge on any atom is -0.343 e. The quantitative estimate of drug-likeness (QED) is 0.149. The standard InChI is InChI=1S/C26H29F3IN7O2/c1-17(38)35-8-6-22(7-9-35)37(31)15-20(13-30)18-5-10-36-23(14-32-24(36)12-18)19-3-2-4-21(11-19)34-25(39)33-16-26(27,28)29/h2-5,10-12,14-15,22H,6-9,13,16,31H2,1H3,(H2,33,34,39)/b20-15+. The van der Waals surface area contributed by atoms with Gasteiger partial charge in [0, 0.05) is 54.1 Å². The van der Waals surface area contributed by atoms with Gasteiger partial charge in [-0.3, -0.25) is 9.20 Å². The first-order valence-electron chi connectivity index (χ1n) is 12.3. The molecule has 0 saturated carbocycles. The van der Waals surface area contributed by atoms with Crippen molar-refractivity contribution < 1.29 is 22.8 Å². The van der Waals surface area contributed by atoms with Gasteiger partial charge < -0.3 is 20.5 Å². The number of pyridine rings is 1. The van der Waals surface area contributed by atoms with Gasteiger partial charge in [-0.1, -0.05) is 34.7 Å². The number of imidazole rings is 1. The lowest BCUT2D eigenvalue weighted by atomic mass is 10.0. The van der Waals surface area contributed by atoms with Crippen LogP contribution in [-0.4, -0.2) is 67.5 Å². The fourth-order valence-electron chi connectivity index (χ4n) is 4.46. The van der Waals surface area contributed by atoms with Crippen LogP contribution >= 0.6 is 22.6 Å². The average Bonchev–Trinajstić information content (AvgIpc) is 3.33. The molecule has 208 valence electrons. The first-order valence-corrected chi connectivity index (χ1v) is 13.8. The first-order chi connectivity index (χ1) is 18.5. The third-order valence-electron chi connectivity index (χ3n) is 6.53. The Kier molecular flexibility index (Phi) is 9.00. The van der Waals surface area contributed by atoms with Crippen LogP contribution in [0, 0.1) is 0 Å². The van der Waals surface area contributed by atoms with E-state index in [1.165, 1.54) is 0 Å². The third kappa shape index (κ3) is 7.41. The number of hydrogen-bond donors (Lipinski definition) is 3. The van der Waals surface area contributed by atoms with E-state index < -0.39 is 18.8 Å². The number of fused-ring (bicyclic) bond motifs is 1. The van der Waals surface area contributed by atoms with Crippen molar-refractivity contribution in [3.63, 3.8) is 0 Å². The van der Waals surface area contributed by atoms with Crippen LogP contribution in [0.5, 0.6) is 0 Å². The van der Waals surface area contributed by atoms with Gasteiger partial charge in [-0.05, 0) is 48.2 Å². The summed E-state index contributed by atoms with van der Waals surface area (Å²) in [6.07, 6.45) is 2.68. The molecule has 0 radical (unpaired) electrons. The first kappa shape index (κ1) is 28.7. The van der Waals surface area contributed by atoms with E-state index in [-0.39, 0.29) is 11.9 Å². The maximum atomic E-state index is 12.4. The van der Waals surface area contributed by atoms with Crippen molar-refractivity contribution in [2.24, 2.45) is 5.84 Å². The molecule has 13 heteroatoms. The molecule has 1 aromatic carbocycles. The Morgan fingerprint density at radius 3 is 2.64 bits per heavy atom. The fraction of sp³-hybridized carbons (Fsp3) is 0.346. The molecule has 0 unspecified atom stereocenters. The number of anilines is 1. The number of halogens is 4. The number of allylic oxidation sites excluding steroid dienone is 1. The second-order valence-corrected chi connectivity index (χ2v) is 10.0. The van der Waals surface area contributed by atoms with E-state index in [1.54, 1.807) is 41.6 Å². The van der Waals surface area contributed by atoms with E-state index >= 15 is 0 Å². The minimum absolute atomic E-state index is 0.0855. The third-order valence-corrected chi connectivity index (χ3v) is 7.35. The lowest BCUT2D eigenvalue weighted by Crippen LogP contribution is -2.47. The molecule has 0 aliphatic carbocycles. The molecule has 1 fully saturated rings. The zero-order chi connectivity index (χ0) is 28.2. The molecule has 1 saturated heterocycles. The number of nitrogens with one attached hydrogen (secondary N) is 2. The van der Waals surface area contributed by atoms with Crippen LogP contribution in [0.4, 0.5) is 23.7 Å². The number of amides is 3. The molecule has 2 aromatic heterocycles. The summed E-state index contributed by atoms with van der Waals surface area (Å²) in [5.74, 6) is 6.49. The predicted octanol–water partition coefficient (Wildman–Crippen LogP) is 4.65. The Morgan fingerprint density at radius 2 is 1.97 bits per heavy atom. The van der Waals surface area contributed by atoms with Crippen LogP contribution in [0.3, 0.4) is 0 Å². The number of nitrogens with zero attached hydrogens (tertiary/aromatic N) is 4. The normalized spacial score (nSPS) is 14.9. The van der Waals surface area contributed by atoms with Crippen LogP contribution in [0.1, 0.15) is 25.3 Å². The van der Waals surface area contributed by atoms with Crippen molar-refractivity contribution in [1.29, 1.82) is 0 Å². The Balaban J connectivity index is 1.49. The molecule has 3 aromatic rings. The number of benzene rings is 1. The highest BCUT2D eigenvalue weighted by Crippen LogP contribution is 2.27. The summed E-state index contributed by atoms with van der Waals surface area (Å²) in [4.78, 5) is 29.8. The Hall–Kier alpha value is -3.33. The topological polar surface area (TPSA) is 108 Å². The van der Waals surface area contributed by atoms with Gasteiger partial charge in [0.15, 0.2) is 0 Å². The Labute approximate surface area is 237 Å². The SMILES string of the molecule is CC(=O)N1CCC(N(N)/C=C(\CI)c2ccn3c(-c4cccc(NC(=O)NCC(F)(F)F)c4)cnc3c2)CC1. The highest BCUT2D eigenvalue weighted by atomic mass is 127. The van der Waals surface area contributed by atoms with Crippen molar-refractivity contribution in [2.45, 2.75) is 32.0 Å². The van der Waals surface area contributed by atoms with Gasteiger partial charge in [0.1, 0.15) is 12.2 Å². The van der Waals surface area contributed by atoms with Crippen molar-refractivity contribution in [2.75, 3.05) is 29.4 Å². The number of piperidine rings is 1. The van der Waals surface area contributed by atoms with Gasteiger partial charge in [0.05, 0.1) is 11.9 Å². The maximum absolute atomic E-state index is 12.4. The number of carbonyl (C=O) groups is 2. The number of alkyl halides is 4. The lowest BCUT2D eigenvalue weighted by molar-refractivity contribution is -0.130. The molecule has 9 nitrogen and oxygen atoms in total. The predicted molar refractivity (Wildman–Crippen MR) is 152 cm³/mol. The van der Waals surface area contributed by atoms with Gasteiger partial charge in [-0.2, -0.15) is 13.2 Å². The molecule has 39 heavy (non-hydrogen) atoms. The van der Waals surface area contributed by atoms with Crippen LogP contribution in [0.2, 0.25) is 0 Å². The maximum Gasteiger partial charge on any atom is 0.405 e. The molecule has 3 amide bonds. The molecule has 1 aliphatic rings. The van der Waals surface area contributed by atoms with Gasteiger partial charge in [0.25, 0.3) is 0 Å². The summed E-state index contributed by atoms with van der Waals surface area (Å²) in [5, 5.41) is 5.96. The van der Waals surface area contributed by atoms with Gasteiger partial charge in [0.2, 0.25) is 5.91 Å². The Bertz CT molecular complexity index is 1370. The molecule has 4 rings (SSSR count). The van der Waals surface area contributed by atoms with E-state index in [0.29, 0.717) is 24.4 Å². The minimum atomic E-state index is -4.49. The molecule has 1 aliphatic heterocycles. The van der Waals surface area contributed by atoms with Crippen LogP contribution < -0.4 is 16.5 Å². The highest BCUT2D eigenvalue weighted by Gasteiger charge is 2.27. The van der Waals surface area contributed by atoms with Gasteiger partial charge in [-0.25, -0.2) is 15.6 Å². The van der Waals surface area contributed by atoms with Crippen LogP contribution in [0.15, 0.2) is 55.0 Å². The van der Waals surface area contributed by atoms with Gasteiger partial charge >= 0.3 is 12.2 Å². The van der Waals surface area contributed by atoms with Crippen molar-refractivity contribution in [1.82, 2.24) is 24.6 Å². The van der Waals surface area contributed by atoms with Crippen LogP contribution in [-0.2, 0) is 4.79 Å². The summed E-state index contributed by atoms with van der Waals surface area (Å²) >= 11 is 2.30. The number of hydrazine groups is 1. The number of aromatic nitrogens is 2. The largest absolute Gasteiger partial charge is 0.405 e. The summed E-state index contributed by atoms with van der Waals surface area (Å²) < 4.78 is 39.7. The van der Waals surface area contributed by atoms with E-state index in [9.17, 15) is 22.8 Å². The second kappa shape index (κ2) is 12.2. The van der Waals surface area contributed by atoms with Crippen LogP contribution in [0.25, 0.3) is 22.5 Å². The second-order valence-electron chi connectivity index (χ2n) is 9.26. The summed E-state index contributed by atoms with van der Waals surface area (Å²) in [6, 6.07) is 9.95. The fourth-order valence-corrected chi connectivity index (χ4v) is 5.09. The van der Waals surface area contributed by atoms with E-state index in [2.05, 4.69) is 32.9 Å². The van der Waals surface area contributed by atoms with Crippen molar-refractivity contribution in [3.8, 4) is 11.3 Å². The van der Waals surface area contributed by atoms with E-state index in [4.69, 9.17) is 5.84 Å². The summed E-state index contributed by atoms with van der Waals surface area (Å²) in [5.41, 5.74) is 4.56. The Morgan fingerprint density at radius 1 is 1.23 bits per heavy atom. The number of urea groups is 1. The number of nitrogens with two attached hydrogens (primary N) is 1. The summed E-state index contributed by atoms with van der Waals surface area (Å²) in [6.45, 7) is 1.56. The number of likely N-dealkylation sites (tertiary alicyclic amines) is 1. The highest BCUT2D eigenvalue weighted by molar-refractivity contribution is 14.1. The van der Waals surface area contributed by atoms with E-state index in [1.807, 2.05) is 39.9 Å². The molecule has 0 spiro atoms. The molecular formula is C26H29F3IN7O2. The number of rotatable bonds is 7. The lowest BCUT2D eigenvalue weighted by Gasteiger charge is -2.35. The summed E-state index contributed by atoms with van der Waals surface area (Å²) in [7, 11) is 0. The molecular weight excluding hydrogens is 626 g/mol. The molecule has 0 bridgehead atoms. The van der Waals surface area contributed by atoms with Gasteiger partial charge in [-0.15, -0.1) is 0 Å². The zero-order valence-electron chi connectivity index (χ0n) is 21.2. The number of hydrogen-bond acceptors (Lipinski definition) is 5. The zero-order valence-corrected chi connectivity index (χ0v) is 23.4. The van der Waals surface area contributed by atoms with E-state index in [0.717, 1.165) is 39.7 Å². The molecule has 4 N–H and O–H groups in total. The van der Waals surface area contributed by atoms with Crippen molar-refractivity contribution >= 4 is 51.4 Å².